The van der Waals surface area contributed by atoms with Gasteiger partial charge < -0.3 is 9.12 Å². The van der Waals surface area contributed by atoms with Crippen molar-refractivity contribution in [2.45, 2.75) is 24.2 Å². The summed E-state index contributed by atoms with van der Waals surface area (Å²) in [6.45, 7) is 0.316. The van der Waals surface area contributed by atoms with E-state index in [2.05, 4.69) is 15.2 Å². The van der Waals surface area contributed by atoms with Gasteiger partial charge in [-0.25, -0.2) is 0 Å². The summed E-state index contributed by atoms with van der Waals surface area (Å²) >= 11 is 0. The lowest BCUT2D eigenvalue weighted by atomic mass is 10.2. The Morgan fingerprint density at radius 2 is 1.82 bits per heavy atom. The van der Waals surface area contributed by atoms with E-state index < -0.39 is 27.0 Å². The fraction of sp³-hybridized carbons (Fsp3) is 0.235. The maximum atomic E-state index is 12.9. The minimum atomic E-state index is -4.62. The molecule has 0 spiro atoms. The number of nitrogens with zero attached hydrogens (tertiary/aromatic N) is 5. The van der Waals surface area contributed by atoms with Crippen LogP contribution in [0, 0.1) is 0 Å². The van der Waals surface area contributed by atoms with Crippen LogP contribution in [0.4, 0.5) is 13.2 Å². The Hall–Kier alpha value is -2.63. The van der Waals surface area contributed by atoms with Gasteiger partial charge in [0.05, 0.1) is 12.1 Å². The monoisotopic (exact) mass is 409 g/mol. The molecule has 0 amide bonds. The first kappa shape index (κ1) is 18.7. The normalized spacial score (nSPS) is 17.1. The van der Waals surface area contributed by atoms with E-state index in [-0.39, 0.29) is 19.6 Å². The van der Waals surface area contributed by atoms with Crippen molar-refractivity contribution in [2.24, 2.45) is 0 Å². The molecule has 3 aromatic rings. The number of hydrogen-bond donors (Lipinski definition) is 0. The highest BCUT2D eigenvalue weighted by Gasteiger charge is 2.38. The van der Waals surface area contributed by atoms with E-state index in [1.54, 1.807) is 29.1 Å². The van der Waals surface area contributed by atoms with Gasteiger partial charge in [-0.1, -0.05) is 10.3 Å². The summed E-state index contributed by atoms with van der Waals surface area (Å²) in [4.78, 5) is 3.55. The molecule has 2 aromatic heterocycles. The minimum absolute atomic E-state index is 0.0728. The summed E-state index contributed by atoms with van der Waals surface area (Å²) in [5, 5.41) is 8.17. The van der Waals surface area contributed by atoms with Gasteiger partial charge in [-0.2, -0.15) is 13.2 Å². The number of alkyl halides is 3. The maximum absolute atomic E-state index is 12.9. The SMILES string of the molecule is O=[S+]([O-])(c1cccc(C(F)(F)F)c1)N1CCn2c(nnc2-c2ccncc2)C1. The molecular formula is C17H14F3N5O2S. The van der Waals surface area contributed by atoms with Crippen LogP contribution in [0.2, 0.25) is 0 Å². The fourth-order valence-electron chi connectivity index (χ4n) is 3.04. The third-order valence-corrected chi connectivity index (χ3v) is 6.30. The van der Waals surface area contributed by atoms with Crippen LogP contribution in [0.5, 0.6) is 0 Å². The zero-order chi connectivity index (χ0) is 19.9. The standard InChI is InChI=1S/C17H14F3N5O2S/c18-17(19,20)13-2-1-3-14(10-13)28(26,27)24-8-9-25-15(11-24)22-23-16(25)12-4-6-21-7-5-12/h1-7,10H,8-9,11H2. The number of benzene rings is 1. The molecule has 0 radical (unpaired) electrons. The van der Waals surface area contributed by atoms with Crippen molar-refractivity contribution < 1.29 is 21.9 Å². The van der Waals surface area contributed by atoms with Gasteiger partial charge in [-0.3, -0.25) is 4.98 Å². The Balaban J connectivity index is 1.63. The molecule has 4 rings (SSSR count). The van der Waals surface area contributed by atoms with Crippen molar-refractivity contribution in [3.8, 4) is 11.4 Å². The zero-order valence-electron chi connectivity index (χ0n) is 14.3. The number of rotatable bonds is 3. The topological polar surface area (TPSA) is 87.0 Å². The van der Waals surface area contributed by atoms with Crippen molar-refractivity contribution in [1.82, 2.24) is 24.1 Å². The average Bonchev–Trinajstić information content (AvgIpc) is 3.11. The Kier molecular flexibility index (Phi) is 4.52. The summed E-state index contributed by atoms with van der Waals surface area (Å²) in [5.41, 5.74) is -0.211. The Morgan fingerprint density at radius 3 is 2.54 bits per heavy atom. The third kappa shape index (κ3) is 3.32. The molecule has 146 valence electrons. The summed E-state index contributed by atoms with van der Waals surface area (Å²) < 4.78 is 67.4. The lowest BCUT2D eigenvalue weighted by molar-refractivity contribution is -0.137. The highest BCUT2D eigenvalue weighted by molar-refractivity contribution is 7.95. The number of hydrogen-bond acceptors (Lipinski definition) is 5. The van der Waals surface area contributed by atoms with E-state index in [1.807, 2.05) is 0 Å². The van der Waals surface area contributed by atoms with Gasteiger partial charge in [-0.15, -0.1) is 14.5 Å². The van der Waals surface area contributed by atoms with Crippen LogP contribution in [0.15, 0.2) is 53.7 Å². The van der Waals surface area contributed by atoms with Crippen molar-refractivity contribution in [3.05, 3.63) is 60.2 Å². The van der Waals surface area contributed by atoms with E-state index in [0.29, 0.717) is 17.7 Å². The second kappa shape index (κ2) is 6.76. The highest BCUT2D eigenvalue weighted by Crippen LogP contribution is 2.33. The van der Waals surface area contributed by atoms with Gasteiger partial charge in [0.25, 0.3) is 0 Å². The highest BCUT2D eigenvalue weighted by atomic mass is 32.3. The molecule has 0 fully saturated rings. The van der Waals surface area contributed by atoms with E-state index >= 15 is 0 Å². The molecule has 0 aliphatic carbocycles. The molecule has 0 saturated heterocycles. The molecule has 11 heteroatoms. The summed E-state index contributed by atoms with van der Waals surface area (Å²) in [5.74, 6) is 1.02. The molecule has 0 saturated carbocycles. The number of sulfonamides is 1. The van der Waals surface area contributed by atoms with Gasteiger partial charge in [0.15, 0.2) is 26.9 Å². The number of halogens is 3. The van der Waals surface area contributed by atoms with Crippen LogP contribution in [-0.2, 0) is 33.9 Å². The predicted octanol–water partition coefficient (Wildman–Crippen LogP) is 2.78. The Morgan fingerprint density at radius 1 is 1.07 bits per heavy atom. The first-order chi connectivity index (χ1) is 13.3. The molecule has 1 aliphatic rings. The molecule has 1 aromatic carbocycles. The third-order valence-electron chi connectivity index (χ3n) is 4.46. The van der Waals surface area contributed by atoms with Crippen LogP contribution in [0.3, 0.4) is 0 Å². The van der Waals surface area contributed by atoms with Gasteiger partial charge in [0.2, 0.25) is 0 Å². The first-order valence-electron chi connectivity index (χ1n) is 8.27. The van der Waals surface area contributed by atoms with E-state index in [0.717, 1.165) is 28.1 Å². The quantitative estimate of drug-likeness (QED) is 0.621. The first-order valence-corrected chi connectivity index (χ1v) is 9.71. The number of fused-ring (bicyclic) bond motifs is 1. The van der Waals surface area contributed by atoms with Crippen molar-refractivity contribution in [3.63, 3.8) is 0 Å². The van der Waals surface area contributed by atoms with Gasteiger partial charge in [0.1, 0.15) is 6.54 Å². The molecule has 28 heavy (non-hydrogen) atoms. The van der Waals surface area contributed by atoms with Crippen molar-refractivity contribution >= 4 is 10.4 Å². The van der Waals surface area contributed by atoms with Crippen LogP contribution in [0.25, 0.3) is 11.4 Å². The molecule has 1 unspecified atom stereocenters. The van der Waals surface area contributed by atoms with Crippen LogP contribution < -0.4 is 0 Å². The number of aromatic nitrogens is 4. The molecule has 1 atom stereocenters. The molecule has 3 heterocycles. The fourth-order valence-corrected chi connectivity index (χ4v) is 4.47. The maximum Gasteiger partial charge on any atom is 0.416 e. The Labute approximate surface area is 159 Å². The molecule has 0 N–H and O–H groups in total. The largest absolute Gasteiger partial charge is 0.593 e. The lowest BCUT2D eigenvalue weighted by Gasteiger charge is -2.30. The van der Waals surface area contributed by atoms with E-state index in [9.17, 15) is 21.9 Å². The Bertz CT molecular complexity index is 1050. The smallest absolute Gasteiger partial charge is 0.416 e. The zero-order valence-corrected chi connectivity index (χ0v) is 15.2. The number of pyridine rings is 1. The minimum Gasteiger partial charge on any atom is -0.593 e. The molecule has 7 nitrogen and oxygen atoms in total. The lowest BCUT2D eigenvalue weighted by Crippen LogP contribution is -2.42. The average molecular weight is 409 g/mol. The van der Waals surface area contributed by atoms with Crippen LogP contribution in [-0.4, -0.2) is 35.2 Å². The van der Waals surface area contributed by atoms with Crippen molar-refractivity contribution in [1.29, 1.82) is 0 Å². The second-order valence-corrected chi connectivity index (χ2v) is 8.13. The molecule has 0 bridgehead atoms. The molecule has 1 aliphatic heterocycles. The van der Waals surface area contributed by atoms with Crippen LogP contribution >= 0.6 is 0 Å². The molecular weight excluding hydrogens is 395 g/mol. The van der Waals surface area contributed by atoms with Gasteiger partial charge in [0, 0.05) is 30.6 Å². The summed E-state index contributed by atoms with van der Waals surface area (Å²) in [7, 11) is -4.10. The summed E-state index contributed by atoms with van der Waals surface area (Å²) in [6, 6.07) is 7.27. The second-order valence-electron chi connectivity index (χ2n) is 6.19. The predicted molar refractivity (Wildman–Crippen MR) is 92.2 cm³/mol. The van der Waals surface area contributed by atoms with E-state index in [4.69, 9.17) is 0 Å². The van der Waals surface area contributed by atoms with Gasteiger partial charge >= 0.3 is 6.18 Å². The van der Waals surface area contributed by atoms with E-state index in [1.165, 1.54) is 0 Å². The van der Waals surface area contributed by atoms with Crippen LogP contribution in [0.1, 0.15) is 11.4 Å². The summed E-state index contributed by atoms with van der Waals surface area (Å²) in [6.07, 6.45) is -1.39. The van der Waals surface area contributed by atoms with Gasteiger partial charge in [-0.05, 0) is 24.3 Å². The van der Waals surface area contributed by atoms with Crippen molar-refractivity contribution in [2.75, 3.05) is 6.54 Å².